The topological polar surface area (TPSA) is 63.3 Å². The van der Waals surface area contributed by atoms with E-state index in [1.54, 1.807) is 22.7 Å². The number of aliphatic hydroxyl groups is 1. The van der Waals surface area contributed by atoms with Gasteiger partial charge in [-0.2, -0.15) is 22.7 Å². The van der Waals surface area contributed by atoms with Crippen LogP contribution < -0.4 is 0 Å². The number of nitrogens with zero attached hydrogens (tertiary/aromatic N) is 1. The van der Waals surface area contributed by atoms with E-state index < -0.39 is 0 Å². The molecule has 0 saturated carbocycles. The third-order valence-electron chi connectivity index (χ3n) is 8.50. The molecule has 7 heteroatoms. The van der Waals surface area contributed by atoms with E-state index in [0.29, 0.717) is 0 Å². The van der Waals surface area contributed by atoms with Gasteiger partial charge < -0.3 is 9.52 Å². The largest absolute Gasteiger partial charge is 0.512 e. The number of aliphatic hydroxyl groups excluding tert-OH is 1. The van der Waals surface area contributed by atoms with Crippen LogP contribution in [0.25, 0.3) is 62.9 Å². The quantitative estimate of drug-likeness (QED) is 0.0943. The monoisotopic (exact) mass is 811 g/mol. The van der Waals surface area contributed by atoms with E-state index >= 15 is 0 Å². The molecule has 3 heterocycles. The first-order valence-corrected chi connectivity index (χ1v) is 17.1. The van der Waals surface area contributed by atoms with E-state index in [9.17, 15) is 9.90 Å². The second-order valence-corrected chi connectivity index (χ2v) is 13.2. The Morgan fingerprint density at radius 3 is 2.13 bits per heavy atom. The van der Waals surface area contributed by atoms with Crippen molar-refractivity contribution in [1.29, 1.82) is 0 Å². The Balaban J connectivity index is 0.000000217. The van der Waals surface area contributed by atoms with E-state index in [0.717, 1.165) is 73.8 Å². The Morgan fingerprint density at radius 1 is 0.822 bits per heavy atom. The number of carbonyl (C=O) groups excluding carboxylic acids is 1. The number of carbonyl (C=O) groups is 1. The van der Waals surface area contributed by atoms with Gasteiger partial charge in [-0.05, 0) is 70.8 Å². The van der Waals surface area contributed by atoms with Gasteiger partial charge in [0.15, 0.2) is 5.78 Å². The number of benzene rings is 4. The predicted molar refractivity (Wildman–Crippen MR) is 188 cm³/mol. The van der Waals surface area contributed by atoms with Crippen molar-refractivity contribution in [2.45, 2.75) is 53.4 Å². The first kappa shape index (κ1) is 33.0. The van der Waals surface area contributed by atoms with Crippen molar-refractivity contribution in [2.24, 2.45) is 11.8 Å². The van der Waals surface area contributed by atoms with Crippen LogP contribution in [0, 0.1) is 17.9 Å². The molecule has 0 aliphatic carbocycles. The molecule has 0 unspecified atom stereocenters. The molecule has 0 bridgehead atoms. The minimum atomic E-state index is 0. The summed E-state index contributed by atoms with van der Waals surface area (Å²) in [5.41, 5.74) is 3.90. The van der Waals surface area contributed by atoms with Crippen LogP contribution in [0.2, 0.25) is 0 Å². The van der Waals surface area contributed by atoms with E-state index in [-0.39, 0.29) is 43.5 Å². The summed E-state index contributed by atoms with van der Waals surface area (Å²) in [7, 11) is 0. The number of thiazole rings is 1. The fourth-order valence-electron chi connectivity index (χ4n) is 5.92. The van der Waals surface area contributed by atoms with Crippen LogP contribution in [0.3, 0.4) is 0 Å². The maximum Gasteiger partial charge on any atom is 0.162 e. The van der Waals surface area contributed by atoms with Crippen molar-refractivity contribution in [2.75, 3.05) is 0 Å². The number of para-hydroxylation sites is 2. The molecule has 0 amide bonds. The molecule has 0 atom stereocenters. The molecule has 1 N–H and O–H groups in total. The number of hydrogen-bond donors (Lipinski definition) is 1. The maximum atomic E-state index is 11.7. The van der Waals surface area contributed by atoms with Crippen molar-refractivity contribution in [1.82, 2.24) is 4.98 Å². The van der Waals surface area contributed by atoms with Gasteiger partial charge in [0.25, 0.3) is 0 Å². The Morgan fingerprint density at radius 2 is 1.44 bits per heavy atom. The maximum absolute atomic E-state index is 11.7. The summed E-state index contributed by atoms with van der Waals surface area (Å²) < 4.78 is 9.99. The second kappa shape index (κ2) is 14.4. The Labute approximate surface area is 285 Å². The molecule has 0 fully saturated rings. The summed E-state index contributed by atoms with van der Waals surface area (Å²) in [6, 6.07) is 28.8. The zero-order chi connectivity index (χ0) is 30.8. The van der Waals surface area contributed by atoms with Crippen molar-refractivity contribution < 1.29 is 34.4 Å². The number of thiophene rings is 1. The first-order valence-electron chi connectivity index (χ1n) is 15.4. The first-order chi connectivity index (χ1) is 21.5. The average Bonchev–Trinajstić information content (AvgIpc) is 3.75. The van der Waals surface area contributed by atoms with Gasteiger partial charge >= 0.3 is 0 Å². The van der Waals surface area contributed by atoms with Crippen LogP contribution in [0.4, 0.5) is 0 Å². The van der Waals surface area contributed by atoms with Gasteiger partial charge in [-0.3, -0.25) is 9.78 Å². The third-order valence-corrected chi connectivity index (χ3v) is 10.6. The number of fused-ring (bicyclic) bond motifs is 8. The summed E-state index contributed by atoms with van der Waals surface area (Å²) in [5.74, 6) is 0.547. The molecular formula is C38H36IrNO3S2-. The van der Waals surface area contributed by atoms with Crippen molar-refractivity contribution >= 4 is 80.8 Å². The normalized spacial score (nSPS) is 12.0. The zero-order valence-corrected chi connectivity index (χ0v) is 29.9. The molecule has 1 radical (unpaired) electrons. The van der Waals surface area contributed by atoms with Crippen molar-refractivity contribution in [3.63, 3.8) is 0 Å². The zero-order valence-electron chi connectivity index (χ0n) is 25.8. The van der Waals surface area contributed by atoms with Crippen LogP contribution in [0.1, 0.15) is 53.4 Å². The van der Waals surface area contributed by atoms with Crippen LogP contribution in [0.5, 0.6) is 0 Å². The molecule has 4 nitrogen and oxygen atoms in total. The van der Waals surface area contributed by atoms with Gasteiger partial charge in [-0.1, -0.05) is 81.6 Å². The Kier molecular flexibility index (Phi) is 10.6. The van der Waals surface area contributed by atoms with Crippen LogP contribution in [-0.4, -0.2) is 15.9 Å². The van der Waals surface area contributed by atoms with E-state index in [2.05, 4.69) is 60.7 Å². The number of hydrogen-bond acceptors (Lipinski definition) is 6. The molecule has 0 aliphatic heterocycles. The van der Waals surface area contributed by atoms with Crippen molar-refractivity contribution in [3.05, 3.63) is 90.7 Å². The van der Waals surface area contributed by atoms with E-state index in [4.69, 9.17) is 9.40 Å². The third kappa shape index (κ3) is 6.37. The predicted octanol–water partition coefficient (Wildman–Crippen LogP) is 11.9. The van der Waals surface area contributed by atoms with Crippen LogP contribution >= 0.6 is 22.7 Å². The fraction of sp³-hybridized carbons (Fsp3) is 0.263. The van der Waals surface area contributed by atoms with Gasteiger partial charge in [-0.25, -0.2) is 0 Å². The smallest absolute Gasteiger partial charge is 0.162 e. The summed E-state index contributed by atoms with van der Waals surface area (Å²) in [4.78, 5) is 16.6. The van der Waals surface area contributed by atoms with Gasteiger partial charge in [0, 0.05) is 52.4 Å². The van der Waals surface area contributed by atoms with E-state index in [1.165, 1.54) is 20.9 Å². The molecule has 0 aliphatic rings. The molecule has 4 aromatic carbocycles. The van der Waals surface area contributed by atoms with Gasteiger partial charge in [0.2, 0.25) is 0 Å². The minimum Gasteiger partial charge on any atom is -0.512 e. The summed E-state index contributed by atoms with van der Waals surface area (Å²) >= 11 is 3.48. The second-order valence-electron chi connectivity index (χ2n) is 11.1. The molecule has 233 valence electrons. The minimum absolute atomic E-state index is 0. The number of furan rings is 1. The molecule has 0 spiro atoms. The number of aromatic nitrogens is 1. The van der Waals surface area contributed by atoms with Crippen molar-refractivity contribution in [3.8, 4) is 10.6 Å². The molecule has 0 saturated heterocycles. The molecule has 3 aromatic heterocycles. The molecular weight excluding hydrogens is 775 g/mol. The van der Waals surface area contributed by atoms with Gasteiger partial charge in [0.1, 0.15) is 5.58 Å². The van der Waals surface area contributed by atoms with Crippen LogP contribution in [0.15, 0.2) is 89.0 Å². The fourth-order valence-corrected chi connectivity index (χ4v) is 8.00. The number of ketones is 1. The number of rotatable bonds is 8. The van der Waals surface area contributed by atoms with Gasteiger partial charge in [-0.15, -0.1) is 11.6 Å². The summed E-state index contributed by atoms with van der Waals surface area (Å²) in [5, 5.41) is 15.4. The summed E-state index contributed by atoms with van der Waals surface area (Å²) in [6.07, 6.45) is 4.91. The molecule has 45 heavy (non-hydrogen) atoms. The van der Waals surface area contributed by atoms with Crippen LogP contribution in [-0.2, 0) is 24.9 Å². The Bertz CT molecular complexity index is 2100. The Hall–Kier alpha value is -3.35. The summed E-state index contributed by atoms with van der Waals surface area (Å²) in [6.45, 7) is 8.07. The van der Waals surface area contributed by atoms with Gasteiger partial charge in [0.05, 0.1) is 16.9 Å². The van der Waals surface area contributed by atoms with E-state index in [1.807, 2.05) is 45.9 Å². The molecule has 7 rings (SSSR count). The standard InChI is InChI=1S/C25H12NOS2.C13H24O2.Ir/c1-4-10-18-14(7-1)22-16(25-26-17-9-3-6-12-20(17)29-25)13-21-23(24(22)27-18)15-8-2-5-11-19(15)28-21;1-5-10(6-2)12(14)9-13(15)11(7-3)8-4;/h1-12H;9-11,14H,5-8H2,1-4H3;/q-1;;/b;12-9-;. The average molecular weight is 811 g/mol. The SMILES string of the molecule is CCC(CC)C(=O)/C=C(\O)C(CC)CC.[Ir].[c-]1c(-c2nc3ccccc3s2)c2c3ccccc3oc2c2c1sc1ccccc12. The molecule has 7 aromatic rings. The number of allylic oxidation sites excluding steroid dienone is 2.